The quantitative estimate of drug-likeness (QED) is 0.813. The van der Waals surface area contributed by atoms with Crippen molar-refractivity contribution in [3.05, 3.63) is 45.2 Å². The summed E-state index contributed by atoms with van der Waals surface area (Å²) in [5, 5.41) is 0. The van der Waals surface area contributed by atoms with Gasteiger partial charge in [-0.25, -0.2) is 0 Å². The Kier molecular flexibility index (Phi) is 4.60. The molecular weight excluding hydrogens is 306 g/mol. The Bertz CT molecular complexity index is 533. The minimum absolute atomic E-state index is 0.183. The molecule has 1 heterocycles. The summed E-state index contributed by atoms with van der Waals surface area (Å²) >= 11 is 5.39. The van der Waals surface area contributed by atoms with Crippen molar-refractivity contribution in [3.8, 4) is 10.4 Å². The Hall–Kier alpha value is -0.640. The van der Waals surface area contributed by atoms with Crippen molar-refractivity contribution >= 4 is 27.3 Å². The van der Waals surface area contributed by atoms with Gasteiger partial charge < -0.3 is 5.73 Å². The van der Waals surface area contributed by atoms with E-state index >= 15 is 0 Å². The average molecular weight is 324 g/mol. The molecule has 96 valence electrons. The fourth-order valence-electron chi connectivity index (χ4n) is 1.91. The number of hydrogen-bond donors (Lipinski definition) is 1. The van der Waals surface area contributed by atoms with Gasteiger partial charge in [-0.15, -0.1) is 11.3 Å². The van der Waals surface area contributed by atoms with Crippen LogP contribution in [0.2, 0.25) is 0 Å². The van der Waals surface area contributed by atoms with Crippen molar-refractivity contribution in [1.82, 2.24) is 0 Å². The maximum absolute atomic E-state index is 6.15. The van der Waals surface area contributed by atoms with E-state index in [9.17, 15) is 0 Å². The normalized spacial score (nSPS) is 12.7. The molecule has 0 saturated carbocycles. The lowest BCUT2D eigenvalue weighted by Gasteiger charge is -2.06. The van der Waals surface area contributed by atoms with Crippen LogP contribution in [0.5, 0.6) is 0 Å². The van der Waals surface area contributed by atoms with Crippen LogP contribution in [0.1, 0.15) is 36.2 Å². The summed E-state index contributed by atoms with van der Waals surface area (Å²) in [5.41, 5.74) is 8.67. The van der Waals surface area contributed by atoms with E-state index in [-0.39, 0.29) is 6.04 Å². The van der Waals surface area contributed by atoms with Crippen LogP contribution in [0, 0.1) is 6.92 Å². The molecule has 0 amide bonds. The maximum atomic E-state index is 6.15. The molecular formula is C15H18BrNS. The Labute approximate surface area is 121 Å². The van der Waals surface area contributed by atoms with Gasteiger partial charge in [0.1, 0.15) is 0 Å². The smallest absolute Gasteiger partial charge is 0.0389 e. The van der Waals surface area contributed by atoms with Crippen molar-refractivity contribution in [2.75, 3.05) is 0 Å². The summed E-state index contributed by atoms with van der Waals surface area (Å²) in [6, 6.07) is 11.0. The van der Waals surface area contributed by atoms with Crippen LogP contribution < -0.4 is 5.73 Å². The molecule has 0 saturated heterocycles. The van der Waals surface area contributed by atoms with Gasteiger partial charge in [-0.05, 0) is 42.7 Å². The highest BCUT2D eigenvalue weighted by atomic mass is 79.9. The van der Waals surface area contributed by atoms with E-state index in [0.717, 1.165) is 17.3 Å². The van der Waals surface area contributed by atoms with Gasteiger partial charge in [-0.1, -0.05) is 41.4 Å². The topological polar surface area (TPSA) is 26.0 Å². The summed E-state index contributed by atoms with van der Waals surface area (Å²) in [6.07, 6.45) is 2.18. The number of rotatable bonds is 4. The van der Waals surface area contributed by atoms with E-state index in [1.54, 1.807) is 11.3 Å². The first kappa shape index (κ1) is 13.8. The third kappa shape index (κ3) is 3.02. The van der Waals surface area contributed by atoms with E-state index in [1.165, 1.54) is 20.9 Å². The zero-order valence-corrected chi connectivity index (χ0v) is 13.1. The molecule has 0 aliphatic heterocycles. The van der Waals surface area contributed by atoms with Crippen molar-refractivity contribution in [3.63, 3.8) is 0 Å². The Morgan fingerprint density at radius 1 is 1.28 bits per heavy atom. The second-order valence-electron chi connectivity index (χ2n) is 4.56. The second-order valence-corrected chi connectivity index (χ2v) is 6.53. The zero-order valence-electron chi connectivity index (χ0n) is 10.7. The number of thiophene rings is 1. The van der Waals surface area contributed by atoms with E-state index in [2.05, 4.69) is 60.1 Å². The van der Waals surface area contributed by atoms with Gasteiger partial charge in [0.2, 0.25) is 0 Å². The SMILES string of the molecule is CCCC(N)c1ccc(-c2ccc(C)c(Br)c2)s1. The Balaban J connectivity index is 2.26. The van der Waals surface area contributed by atoms with Crippen LogP contribution in [0.3, 0.4) is 0 Å². The van der Waals surface area contributed by atoms with Crippen LogP contribution in [0.15, 0.2) is 34.8 Å². The average Bonchev–Trinajstić information content (AvgIpc) is 2.82. The predicted octanol–water partition coefficient (Wildman–Crippen LogP) is 5.29. The Morgan fingerprint density at radius 3 is 2.72 bits per heavy atom. The van der Waals surface area contributed by atoms with Gasteiger partial charge in [-0.3, -0.25) is 0 Å². The fourth-order valence-corrected chi connectivity index (χ4v) is 3.33. The van der Waals surface area contributed by atoms with Gasteiger partial charge in [0.15, 0.2) is 0 Å². The number of benzene rings is 1. The summed E-state index contributed by atoms with van der Waals surface area (Å²) in [6.45, 7) is 4.27. The third-order valence-corrected chi connectivity index (χ3v) is 5.17. The molecule has 0 bridgehead atoms. The van der Waals surface area contributed by atoms with Gasteiger partial charge in [0.05, 0.1) is 0 Å². The first-order chi connectivity index (χ1) is 8.61. The second kappa shape index (κ2) is 6.00. The molecule has 1 unspecified atom stereocenters. The van der Waals surface area contributed by atoms with E-state index in [4.69, 9.17) is 5.73 Å². The van der Waals surface area contributed by atoms with E-state index in [0.29, 0.717) is 0 Å². The lowest BCUT2D eigenvalue weighted by atomic mass is 10.1. The van der Waals surface area contributed by atoms with Crippen LogP contribution in [-0.2, 0) is 0 Å². The zero-order chi connectivity index (χ0) is 13.1. The standard InChI is InChI=1S/C15H18BrNS/c1-3-4-13(17)15-8-7-14(18-15)11-6-5-10(2)12(16)9-11/h5-9,13H,3-4,17H2,1-2H3. The number of hydrogen-bond acceptors (Lipinski definition) is 2. The minimum Gasteiger partial charge on any atom is -0.323 e. The molecule has 0 radical (unpaired) electrons. The predicted molar refractivity (Wildman–Crippen MR) is 84.0 cm³/mol. The lowest BCUT2D eigenvalue weighted by Crippen LogP contribution is -2.07. The van der Waals surface area contributed by atoms with Crippen molar-refractivity contribution in [2.45, 2.75) is 32.7 Å². The summed E-state index contributed by atoms with van der Waals surface area (Å²) < 4.78 is 1.16. The maximum Gasteiger partial charge on any atom is 0.0389 e. The van der Waals surface area contributed by atoms with E-state index in [1.807, 2.05) is 0 Å². The van der Waals surface area contributed by atoms with Crippen molar-refractivity contribution in [2.24, 2.45) is 5.73 Å². The molecule has 18 heavy (non-hydrogen) atoms. The molecule has 3 heteroatoms. The highest BCUT2D eigenvalue weighted by Gasteiger charge is 2.09. The molecule has 0 aliphatic carbocycles. The summed E-state index contributed by atoms with van der Waals surface area (Å²) in [5.74, 6) is 0. The summed E-state index contributed by atoms with van der Waals surface area (Å²) in [4.78, 5) is 2.57. The van der Waals surface area contributed by atoms with Gasteiger partial charge >= 0.3 is 0 Å². The number of nitrogens with two attached hydrogens (primary N) is 1. The van der Waals surface area contributed by atoms with Crippen molar-refractivity contribution in [1.29, 1.82) is 0 Å². The largest absolute Gasteiger partial charge is 0.323 e. The summed E-state index contributed by atoms with van der Waals surface area (Å²) in [7, 11) is 0. The molecule has 1 nitrogen and oxygen atoms in total. The molecule has 1 aromatic heterocycles. The van der Waals surface area contributed by atoms with Crippen LogP contribution in [0.4, 0.5) is 0 Å². The highest BCUT2D eigenvalue weighted by molar-refractivity contribution is 9.10. The third-order valence-electron chi connectivity index (χ3n) is 3.05. The first-order valence-corrected chi connectivity index (χ1v) is 7.84. The monoisotopic (exact) mass is 323 g/mol. The fraction of sp³-hybridized carbons (Fsp3) is 0.333. The van der Waals surface area contributed by atoms with Crippen LogP contribution in [0.25, 0.3) is 10.4 Å². The highest BCUT2D eigenvalue weighted by Crippen LogP contribution is 2.33. The van der Waals surface area contributed by atoms with Crippen LogP contribution in [-0.4, -0.2) is 0 Å². The molecule has 0 spiro atoms. The van der Waals surface area contributed by atoms with Gasteiger partial charge in [0, 0.05) is 20.3 Å². The molecule has 1 aromatic carbocycles. The lowest BCUT2D eigenvalue weighted by molar-refractivity contribution is 0.648. The first-order valence-electron chi connectivity index (χ1n) is 6.23. The van der Waals surface area contributed by atoms with Crippen molar-refractivity contribution < 1.29 is 0 Å². The molecule has 0 fully saturated rings. The molecule has 2 N–H and O–H groups in total. The molecule has 2 aromatic rings. The molecule has 2 rings (SSSR count). The molecule has 0 aliphatic rings. The van der Waals surface area contributed by atoms with Gasteiger partial charge in [-0.2, -0.15) is 0 Å². The minimum atomic E-state index is 0.183. The number of halogens is 1. The van der Waals surface area contributed by atoms with Crippen LogP contribution >= 0.6 is 27.3 Å². The van der Waals surface area contributed by atoms with E-state index < -0.39 is 0 Å². The molecule has 1 atom stereocenters. The Morgan fingerprint density at radius 2 is 2.06 bits per heavy atom. The van der Waals surface area contributed by atoms with Gasteiger partial charge in [0.25, 0.3) is 0 Å². The number of aryl methyl sites for hydroxylation is 1.